The third-order valence-electron chi connectivity index (χ3n) is 3.01. The van der Waals surface area contributed by atoms with Gasteiger partial charge in [0.25, 0.3) is 0 Å². The van der Waals surface area contributed by atoms with Gasteiger partial charge in [-0.3, -0.25) is 4.79 Å². The number of hydrogen-bond donors (Lipinski definition) is 1. The summed E-state index contributed by atoms with van der Waals surface area (Å²) in [7, 11) is -1.86. The van der Waals surface area contributed by atoms with Crippen molar-refractivity contribution in [3.8, 4) is 0 Å². The topological polar surface area (TPSA) is 83.7 Å². The molecule has 2 N–H and O–H groups in total. The summed E-state index contributed by atoms with van der Waals surface area (Å²) in [5.74, 6) is -0.157. The Morgan fingerprint density at radius 1 is 1.50 bits per heavy atom. The van der Waals surface area contributed by atoms with Gasteiger partial charge in [0, 0.05) is 26.2 Å². The minimum Gasteiger partial charge on any atom is -0.340 e. The van der Waals surface area contributed by atoms with Crippen LogP contribution in [0, 0.1) is 0 Å². The highest BCUT2D eigenvalue weighted by Gasteiger charge is 2.25. The first-order chi connectivity index (χ1) is 7.86. The van der Waals surface area contributed by atoms with Crippen LogP contribution in [-0.4, -0.2) is 62.0 Å². The minimum absolute atomic E-state index is 0. The number of nitrogens with two attached hydrogens (primary N) is 1. The van der Waals surface area contributed by atoms with Crippen molar-refractivity contribution in [2.75, 3.05) is 32.4 Å². The number of sulfonamides is 1. The highest BCUT2D eigenvalue weighted by Crippen LogP contribution is 2.09. The normalized spacial score (nSPS) is 20.7. The van der Waals surface area contributed by atoms with Crippen molar-refractivity contribution in [3.63, 3.8) is 0 Å². The molecule has 0 saturated carbocycles. The van der Waals surface area contributed by atoms with E-state index in [0.29, 0.717) is 13.1 Å². The van der Waals surface area contributed by atoms with Crippen molar-refractivity contribution in [1.29, 1.82) is 0 Å². The van der Waals surface area contributed by atoms with E-state index < -0.39 is 10.0 Å². The monoisotopic (exact) mass is 299 g/mol. The fraction of sp³-hybridized carbons (Fsp3) is 0.900. The number of likely N-dealkylation sites (N-methyl/N-ethyl adjacent to an activating group) is 1. The number of hydrogen-bond acceptors (Lipinski definition) is 4. The van der Waals surface area contributed by atoms with Crippen molar-refractivity contribution < 1.29 is 13.2 Å². The molecule has 0 aromatic rings. The van der Waals surface area contributed by atoms with E-state index in [0.717, 1.165) is 17.1 Å². The van der Waals surface area contributed by atoms with E-state index in [1.54, 1.807) is 11.8 Å². The lowest BCUT2D eigenvalue weighted by atomic mass is 10.1. The van der Waals surface area contributed by atoms with Crippen LogP contribution in [0.2, 0.25) is 0 Å². The van der Waals surface area contributed by atoms with Gasteiger partial charge < -0.3 is 10.6 Å². The summed E-state index contributed by atoms with van der Waals surface area (Å²) < 4.78 is 24.1. The Morgan fingerprint density at radius 2 is 2.11 bits per heavy atom. The van der Waals surface area contributed by atoms with Crippen LogP contribution in [0.15, 0.2) is 0 Å². The van der Waals surface area contributed by atoms with Gasteiger partial charge in [0.2, 0.25) is 15.9 Å². The summed E-state index contributed by atoms with van der Waals surface area (Å²) >= 11 is 0. The summed E-state index contributed by atoms with van der Waals surface area (Å²) in [5.41, 5.74) is 5.78. The fourth-order valence-electron chi connectivity index (χ4n) is 1.85. The number of rotatable bonds is 4. The lowest BCUT2D eigenvalue weighted by molar-refractivity contribution is -0.132. The molecule has 0 bridgehead atoms. The Morgan fingerprint density at radius 3 is 2.61 bits per heavy atom. The van der Waals surface area contributed by atoms with Crippen molar-refractivity contribution in [2.24, 2.45) is 5.73 Å². The first-order valence-electron chi connectivity index (χ1n) is 5.84. The van der Waals surface area contributed by atoms with E-state index in [1.165, 1.54) is 7.05 Å². The molecule has 6 nitrogen and oxygen atoms in total. The molecule has 1 fully saturated rings. The van der Waals surface area contributed by atoms with Gasteiger partial charge in [-0.25, -0.2) is 8.42 Å². The molecule has 1 rings (SSSR count). The molecule has 1 aliphatic rings. The maximum absolute atomic E-state index is 11.9. The molecular formula is C10H22ClN3O3S. The first-order valence-corrected chi connectivity index (χ1v) is 7.45. The van der Waals surface area contributed by atoms with Crippen molar-refractivity contribution in [2.45, 2.75) is 25.8 Å². The third-order valence-corrected chi connectivity index (χ3v) is 4.82. The van der Waals surface area contributed by atoms with Crippen LogP contribution in [0.1, 0.15) is 19.8 Å². The molecule has 108 valence electrons. The van der Waals surface area contributed by atoms with Crippen LogP contribution in [0.5, 0.6) is 0 Å². The van der Waals surface area contributed by atoms with Crippen LogP contribution >= 0.6 is 12.4 Å². The lowest BCUT2D eigenvalue weighted by Gasteiger charge is -2.31. The molecular weight excluding hydrogens is 278 g/mol. The first kappa shape index (κ1) is 17.6. The smallest absolute Gasteiger partial charge is 0.237 e. The van der Waals surface area contributed by atoms with Gasteiger partial charge in [-0.1, -0.05) is 0 Å². The van der Waals surface area contributed by atoms with Gasteiger partial charge in [0.05, 0.1) is 12.3 Å². The quantitative estimate of drug-likeness (QED) is 0.768. The number of carbonyl (C=O) groups is 1. The van der Waals surface area contributed by atoms with E-state index in [9.17, 15) is 13.2 Å². The van der Waals surface area contributed by atoms with Gasteiger partial charge >= 0.3 is 0 Å². The van der Waals surface area contributed by atoms with Gasteiger partial charge in [0.15, 0.2) is 0 Å². The average Bonchev–Trinajstić information content (AvgIpc) is 2.28. The Hall–Kier alpha value is -0.370. The SMILES string of the molecule is CCS(=O)(=O)N(C)CC(=O)N1CCCC(N)C1.Cl. The number of carbonyl (C=O) groups excluding carboxylic acids is 1. The van der Waals surface area contributed by atoms with E-state index in [2.05, 4.69) is 0 Å². The van der Waals surface area contributed by atoms with Gasteiger partial charge in [-0.15, -0.1) is 12.4 Å². The zero-order chi connectivity index (χ0) is 13.1. The summed E-state index contributed by atoms with van der Waals surface area (Å²) in [6.07, 6.45) is 1.81. The summed E-state index contributed by atoms with van der Waals surface area (Å²) in [4.78, 5) is 13.5. The molecule has 18 heavy (non-hydrogen) atoms. The predicted octanol–water partition coefficient (Wildman–Crippen LogP) is -0.361. The molecule has 8 heteroatoms. The van der Waals surface area contributed by atoms with E-state index >= 15 is 0 Å². The van der Waals surface area contributed by atoms with Crippen LogP contribution in [0.25, 0.3) is 0 Å². The third kappa shape index (κ3) is 4.72. The minimum atomic E-state index is -3.29. The molecule has 1 amide bonds. The lowest BCUT2D eigenvalue weighted by Crippen LogP contribution is -2.49. The van der Waals surface area contributed by atoms with Crippen LogP contribution in [0.3, 0.4) is 0 Å². The van der Waals surface area contributed by atoms with E-state index in [1.807, 2.05) is 0 Å². The van der Waals surface area contributed by atoms with Crippen molar-refractivity contribution >= 4 is 28.3 Å². The standard InChI is InChI=1S/C10H21N3O3S.ClH/c1-3-17(15,16)12(2)8-10(14)13-6-4-5-9(11)7-13;/h9H,3-8,11H2,1-2H3;1H. The Bertz CT molecular complexity index is 375. The van der Waals surface area contributed by atoms with Crippen LogP contribution in [-0.2, 0) is 14.8 Å². The van der Waals surface area contributed by atoms with Crippen molar-refractivity contribution in [1.82, 2.24) is 9.21 Å². The molecule has 0 aromatic heterocycles. The summed E-state index contributed by atoms with van der Waals surface area (Å²) in [6, 6.07) is 0.0146. The largest absolute Gasteiger partial charge is 0.340 e. The number of nitrogens with zero attached hydrogens (tertiary/aromatic N) is 2. The molecule has 1 aliphatic heterocycles. The Balaban J connectivity index is 0.00000289. The molecule has 0 radical (unpaired) electrons. The van der Waals surface area contributed by atoms with Crippen molar-refractivity contribution in [3.05, 3.63) is 0 Å². The predicted molar refractivity (Wildman–Crippen MR) is 73.1 cm³/mol. The maximum Gasteiger partial charge on any atom is 0.237 e. The Kier molecular flexibility index (Phi) is 7.13. The fourth-order valence-corrected chi connectivity index (χ4v) is 2.59. The van der Waals surface area contributed by atoms with Gasteiger partial charge in [-0.05, 0) is 19.8 Å². The highest BCUT2D eigenvalue weighted by molar-refractivity contribution is 7.89. The van der Waals surface area contributed by atoms with Gasteiger partial charge in [0.1, 0.15) is 0 Å². The Labute approximate surface area is 115 Å². The second-order valence-electron chi connectivity index (χ2n) is 4.40. The number of halogens is 1. The van der Waals surface area contributed by atoms with E-state index in [-0.39, 0.29) is 36.7 Å². The van der Waals surface area contributed by atoms with E-state index in [4.69, 9.17) is 5.73 Å². The molecule has 0 spiro atoms. The zero-order valence-electron chi connectivity index (χ0n) is 10.8. The molecule has 1 atom stereocenters. The van der Waals surface area contributed by atoms with Crippen LogP contribution < -0.4 is 5.73 Å². The number of amides is 1. The molecule has 1 heterocycles. The molecule has 0 aromatic carbocycles. The van der Waals surface area contributed by atoms with Crippen LogP contribution in [0.4, 0.5) is 0 Å². The number of piperidine rings is 1. The molecule has 0 aliphatic carbocycles. The average molecular weight is 300 g/mol. The second kappa shape index (κ2) is 7.28. The second-order valence-corrected chi connectivity index (χ2v) is 6.76. The molecule has 1 saturated heterocycles. The summed E-state index contributed by atoms with van der Waals surface area (Å²) in [6.45, 7) is 2.67. The number of likely N-dealkylation sites (tertiary alicyclic amines) is 1. The van der Waals surface area contributed by atoms with Gasteiger partial charge in [-0.2, -0.15) is 4.31 Å². The zero-order valence-corrected chi connectivity index (χ0v) is 12.5. The highest BCUT2D eigenvalue weighted by atomic mass is 35.5. The summed E-state index contributed by atoms with van der Waals surface area (Å²) in [5, 5.41) is 0. The maximum atomic E-state index is 11.9. The molecule has 1 unspecified atom stereocenters.